The molecule has 3 heteroatoms. The minimum atomic E-state index is 0.599. The van der Waals surface area contributed by atoms with Crippen molar-refractivity contribution in [2.75, 3.05) is 25.0 Å². The van der Waals surface area contributed by atoms with Crippen molar-refractivity contribution in [1.29, 1.82) is 0 Å². The molecule has 0 radical (unpaired) electrons. The van der Waals surface area contributed by atoms with E-state index in [9.17, 15) is 0 Å². The summed E-state index contributed by atoms with van der Waals surface area (Å²) in [7, 11) is 2.16. The number of nitrogens with two attached hydrogens (primary N) is 1. The number of hydrogen-bond donors (Lipinski definition) is 1. The van der Waals surface area contributed by atoms with Crippen LogP contribution in [-0.2, 0) is 0 Å². The highest BCUT2D eigenvalue weighted by atomic mass is 32.1. The summed E-state index contributed by atoms with van der Waals surface area (Å²) in [6.45, 7) is 4.05. The van der Waals surface area contributed by atoms with E-state index in [0.29, 0.717) is 5.92 Å². The lowest BCUT2D eigenvalue weighted by molar-refractivity contribution is 0.545. The summed E-state index contributed by atoms with van der Waals surface area (Å²) in [4.78, 5) is 2.34. The quantitative estimate of drug-likeness (QED) is 0.879. The largest absolute Gasteiger partial charge is 0.373 e. The molecule has 1 aromatic heterocycles. The van der Waals surface area contributed by atoms with Gasteiger partial charge in [0.15, 0.2) is 0 Å². The molecular weight excluding hydrogens is 228 g/mol. The van der Waals surface area contributed by atoms with Crippen molar-refractivity contribution in [3.63, 3.8) is 0 Å². The molecule has 0 amide bonds. The second kappa shape index (κ2) is 5.52. The predicted octanol–water partition coefficient (Wildman–Crippen LogP) is 3.32. The second-order valence-corrected chi connectivity index (χ2v) is 5.58. The van der Waals surface area contributed by atoms with Crippen LogP contribution in [0.2, 0.25) is 0 Å². The average molecular weight is 248 g/mol. The van der Waals surface area contributed by atoms with Crippen molar-refractivity contribution in [2.45, 2.75) is 13.3 Å². The summed E-state index contributed by atoms with van der Waals surface area (Å²) in [6.07, 6.45) is 1.15. The Hall–Kier alpha value is -1.06. The molecule has 1 aromatic carbocycles. The van der Waals surface area contributed by atoms with Gasteiger partial charge in [0.25, 0.3) is 0 Å². The Morgan fingerprint density at radius 1 is 1.35 bits per heavy atom. The van der Waals surface area contributed by atoms with Crippen LogP contribution in [0.3, 0.4) is 0 Å². The highest BCUT2D eigenvalue weighted by molar-refractivity contribution is 7.17. The van der Waals surface area contributed by atoms with Crippen molar-refractivity contribution >= 4 is 27.1 Å². The molecule has 2 nitrogen and oxygen atoms in total. The molecule has 1 atom stereocenters. The molecule has 2 N–H and O–H groups in total. The van der Waals surface area contributed by atoms with Crippen molar-refractivity contribution in [3.8, 4) is 0 Å². The molecule has 92 valence electrons. The van der Waals surface area contributed by atoms with E-state index in [1.165, 1.54) is 15.8 Å². The maximum atomic E-state index is 5.65. The molecule has 0 aliphatic carbocycles. The summed E-state index contributed by atoms with van der Waals surface area (Å²) >= 11 is 1.82. The van der Waals surface area contributed by atoms with Gasteiger partial charge in [-0.1, -0.05) is 25.1 Å². The number of nitrogens with zero attached hydrogens (tertiary/aromatic N) is 1. The number of hydrogen-bond acceptors (Lipinski definition) is 3. The number of rotatable bonds is 5. The fraction of sp³-hybridized carbons (Fsp3) is 0.429. The standard InChI is InChI=1S/C14H20N2S/c1-11(9-15)7-8-16(2)13-10-17-14-6-4-3-5-12(13)14/h3-6,10-11H,7-9,15H2,1-2H3. The minimum absolute atomic E-state index is 0.599. The minimum Gasteiger partial charge on any atom is -0.373 e. The monoisotopic (exact) mass is 248 g/mol. The Morgan fingerprint density at radius 2 is 2.12 bits per heavy atom. The van der Waals surface area contributed by atoms with Crippen molar-refractivity contribution in [1.82, 2.24) is 0 Å². The van der Waals surface area contributed by atoms with Crippen molar-refractivity contribution in [2.24, 2.45) is 11.7 Å². The van der Waals surface area contributed by atoms with Crippen LogP contribution in [0, 0.1) is 5.92 Å². The van der Waals surface area contributed by atoms with Gasteiger partial charge in [0.05, 0.1) is 5.69 Å². The Bertz CT molecular complexity index is 478. The maximum absolute atomic E-state index is 5.65. The van der Waals surface area contributed by atoms with Gasteiger partial charge in [-0.15, -0.1) is 11.3 Å². The molecule has 0 saturated carbocycles. The number of anilines is 1. The van der Waals surface area contributed by atoms with E-state index in [0.717, 1.165) is 19.5 Å². The summed E-state index contributed by atoms with van der Waals surface area (Å²) in [5.41, 5.74) is 6.99. The number of thiophene rings is 1. The summed E-state index contributed by atoms with van der Waals surface area (Å²) in [6, 6.07) is 8.58. The first kappa shape index (κ1) is 12.4. The van der Waals surface area contributed by atoms with Gasteiger partial charge in [-0.3, -0.25) is 0 Å². The predicted molar refractivity (Wildman–Crippen MR) is 77.9 cm³/mol. The molecule has 1 heterocycles. The first-order valence-corrected chi connectivity index (χ1v) is 6.97. The van der Waals surface area contributed by atoms with E-state index in [-0.39, 0.29) is 0 Å². The number of benzene rings is 1. The van der Waals surface area contributed by atoms with Gasteiger partial charge in [-0.25, -0.2) is 0 Å². The van der Waals surface area contributed by atoms with E-state index in [1.54, 1.807) is 0 Å². The van der Waals surface area contributed by atoms with Crippen molar-refractivity contribution in [3.05, 3.63) is 29.6 Å². The molecule has 0 fully saturated rings. The van der Waals surface area contributed by atoms with Crippen LogP contribution < -0.4 is 10.6 Å². The van der Waals surface area contributed by atoms with Crippen LogP contribution in [0.25, 0.3) is 10.1 Å². The molecule has 0 aliphatic heterocycles. The molecule has 17 heavy (non-hydrogen) atoms. The van der Waals surface area contributed by atoms with Crippen LogP contribution in [0.5, 0.6) is 0 Å². The highest BCUT2D eigenvalue weighted by Gasteiger charge is 2.09. The van der Waals surface area contributed by atoms with Gasteiger partial charge in [0.1, 0.15) is 0 Å². The van der Waals surface area contributed by atoms with Gasteiger partial charge in [-0.05, 0) is 24.9 Å². The molecule has 2 aromatic rings. The van der Waals surface area contributed by atoms with Crippen molar-refractivity contribution < 1.29 is 0 Å². The fourth-order valence-electron chi connectivity index (χ4n) is 1.91. The lowest BCUT2D eigenvalue weighted by Gasteiger charge is -2.20. The van der Waals surface area contributed by atoms with Crippen LogP contribution in [0.4, 0.5) is 5.69 Å². The van der Waals surface area contributed by atoms with E-state index >= 15 is 0 Å². The fourth-order valence-corrected chi connectivity index (χ4v) is 2.91. The Kier molecular flexibility index (Phi) is 4.02. The third-order valence-electron chi connectivity index (χ3n) is 3.23. The molecule has 0 bridgehead atoms. The summed E-state index contributed by atoms with van der Waals surface area (Å²) in [5.74, 6) is 0.599. The summed E-state index contributed by atoms with van der Waals surface area (Å²) < 4.78 is 1.36. The van der Waals surface area contributed by atoms with Gasteiger partial charge < -0.3 is 10.6 Å². The van der Waals surface area contributed by atoms with E-state index in [4.69, 9.17) is 5.73 Å². The lowest BCUT2D eigenvalue weighted by atomic mass is 10.1. The second-order valence-electron chi connectivity index (χ2n) is 4.67. The first-order valence-electron chi connectivity index (χ1n) is 6.09. The topological polar surface area (TPSA) is 29.3 Å². The highest BCUT2D eigenvalue weighted by Crippen LogP contribution is 2.32. The smallest absolute Gasteiger partial charge is 0.0552 e. The lowest BCUT2D eigenvalue weighted by Crippen LogP contribution is -2.22. The molecule has 0 spiro atoms. The van der Waals surface area contributed by atoms with Crippen LogP contribution in [-0.4, -0.2) is 20.1 Å². The molecule has 0 saturated heterocycles. The third-order valence-corrected chi connectivity index (χ3v) is 4.18. The van der Waals surface area contributed by atoms with Gasteiger partial charge in [0.2, 0.25) is 0 Å². The van der Waals surface area contributed by atoms with Gasteiger partial charge in [0, 0.05) is 29.1 Å². The number of fused-ring (bicyclic) bond motifs is 1. The van der Waals surface area contributed by atoms with Gasteiger partial charge in [-0.2, -0.15) is 0 Å². The molecule has 0 aliphatic rings. The maximum Gasteiger partial charge on any atom is 0.0552 e. The summed E-state index contributed by atoms with van der Waals surface area (Å²) in [5, 5.41) is 3.61. The van der Waals surface area contributed by atoms with Gasteiger partial charge >= 0.3 is 0 Å². The molecular formula is C14H20N2S. The van der Waals surface area contributed by atoms with E-state index in [1.807, 2.05) is 11.3 Å². The zero-order valence-corrected chi connectivity index (χ0v) is 11.3. The SMILES string of the molecule is CC(CN)CCN(C)c1csc2ccccc12. The Morgan fingerprint density at radius 3 is 2.88 bits per heavy atom. The van der Waals surface area contributed by atoms with E-state index in [2.05, 4.69) is 48.5 Å². The third kappa shape index (κ3) is 2.79. The molecule has 1 unspecified atom stereocenters. The normalized spacial score (nSPS) is 12.9. The molecule has 2 rings (SSSR count). The Balaban J connectivity index is 2.11. The average Bonchev–Trinajstić information content (AvgIpc) is 2.79. The Labute approximate surface area is 107 Å². The van der Waals surface area contributed by atoms with Crippen LogP contribution in [0.15, 0.2) is 29.6 Å². The van der Waals surface area contributed by atoms with Crippen LogP contribution >= 0.6 is 11.3 Å². The van der Waals surface area contributed by atoms with Crippen LogP contribution in [0.1, 0.15) is 13.3 Å². The zero-order valence-electron chi connectivity index (χ0n) is 10.5. The zero-order chi connectivity index (χ0) is 12.3. The van der Waals surface area contributed by atoms with E-state index < -0.39 is 0 Å². The first-order chi connectivity index (χ1) is 8.22.